The number of aliphatic imine (C=N–C) groups is 1. The smallest absolute Gasteiger partial charge is 0.208 e. The zero-order valence-electron chi connectivity index (χ0n) is 3.38. The Balaban J connectivity index is 3.02. The first-order valence-corrected chi connectivity index (χ1v) is 1.35. The van der Waals surface area contributed by atoms with Crippen LogP contribution in [0.1, 0.15) is 0 Å². The van der Waals surface area contributed by atoms with Crippen molar-refractivity contribution in [3.05, 3.63) is 0 Å². The summed E-state index contributed by atoms with van der Waals surface area (Å²) in [5.41, 5.74) is 0. The van der Waals surface area contributed by atoms with Gasteiger partial charge >= 0.3 is 0 Å². The fraction of sp³-hybridized carbons (Fsp3) is 0.333. The molecule has 0 aliphatic carbocycles. The Labute approximate surface area is 35.9 Å². The maximum Gasteiger partial charge on any atom is 0.208 e. The van der Waals surface area contributed by atoms with Crippen molar-refractivity contribution in [3.63, 3.8) is 0 Å². The van der Waals surface area contributed by atoms with Crippen LogP contribution < -0.4 is 0 Å². The lowest BCUT2D eigenvalue weighted by Crippen LogP contribution is -1.71. The van der Waals surface area contributed by atoms with E-state index in [9.17, 15) is 0 Å². The number of hydrogen-bond donors (Lipinski definition) is 0. The van der Waals surface area contributed by atoms with Gasteiger partial charge in [0.05, 0.1) is 7.11 Å². The van der Waals surface area contributed by atoms with E-state index in [0.717, 1.165) is 6.40 Å². The second kappa shape index (κ2) is 3.96. The Bertz CT molecular complexity index is 81.3. The second-order valence-electron chi connectivity index (χ2n) is 0.570. The Morgan fingerprint density at radius 1 is 2.00 bits per heavy atom. The van der Waals surface area contributed by atoms with Crippen LogP contribution in [-0.2, 0) is 4.74 Å². The first-order valence-electron chi connectivity index (χ1n) is 1.35. The number of hydrogen-bond acceptors (Lipinski definition) is 3. The van der Waals surface area contributed by atoms with Gasteiger partial charge in [0.25, 0.3) is 0 Å². The van der Waals surface area contributed by atoms with Gasteiger partial charge in [0.15, 0.2) is 6.40 Å². The number of methoxy groups -OCH3 is 1. The monoisotopic (exact) mass is 84.0 g/mol. The van der Waals surface area contributed by atoms with Crippen LogP contribution in [0.5, 0.6) is 0 Å². The summed E-state index contributed by atoms with van der Waals surface area (Å²) in [6, 6.07) is 0. The Hall–Kier alpha value is -1.04. The van der Waals surface area contributed by atoms with E-state index in [1.165, 1.54) is 13.3 Å². The molecule has 0 N–H and O–H groups in total. The highest BCUT2D eigenvalue weighted by Crippen LogP contribution is 1.54. The molecule has 6 heavy (non-hydrogen) atoms. The van der Waals surface area contributed by atoms with Crippen LogP contribution in [0, 0.1) is 11.5 Å². The number of rotatable bonds is 1. The highest BCUT2D eigenvalue weighted by atomic mass is 16.5. The molecule has 0 saturated heterocycles. The van der Waals surface area contributed by atoms with Crippen LogP contribution in [0.3, 0.4) is 0 Å². The molecule has 0 unspecified atom stereocenters. The van der Waals surface area contributed by atoms with Crippen molar-refractivity contribution in [2.24, 2.45) is 4.99 Å². The molecule has 3 heteroatoms. The summed E-state index contributed by atoms with van der Waals surface area (Å²) in [7, 11) is 1.43. The van der Waals surface area contributed by atoms with Crippen molar-refractivity contribution in [1.29, 1.82) is 5.26 Å². The Morgan fingerprint density at radius 2 is 2.67 bits per heavy atom. The normalized spacial score (nSPS) is 8.00. The van der Waals surface area contributed by atoms with Gasteiger partial charge in [-0.25, -0.2) is 0 Å². The molecule has 0 atom stereocenters. The zero-order chi connectivity index (χ0) is 4.83. The van der Waals surface area contributed by atoms with Gasteiger partial charge in [-0.3, -0.25) is 0 Å². The zero-order valence-corrected chi connectivity index (χ0v) is 3.38. The first-order chi connectivity index (χ1) is 2.91. The maximum atomic E-state index is 7.67. The minimum absolute atomic E-state index is 1.07. The van der Waals surface area contributed by atoms with E-state index >= 15 is 0 Å². The highest BCUT2D eigenvalue weighted by molar-refractivity contribution is 5.47. The highest BCUT2D eigenvalue weighted by Gasteiger charge is 1.55. The fourth-order valence-electron chi connectivity index (χ4n) is 0.0763. The molecule has 0 aromatic rings. The van der Waals surface area contributed by atoms with Crippen molar-refractivity contribution in [2.75, 3.05) is 7.11 Å². The Morgan fingerprint density at radius 3 is 2.83 bits per heavy atom. The number of ether oxygens (including phenoxy) is 1. The average Bonchev–Trinajstić information content (AvgIpc) is 1.61. The summed E-state index contributed by atoms with van der Waals surface area (Å²) in [6.45, 7) is 0. The molecule has 0 radical (unpaired) electrons. The molecular weight excluding hydrogens is 80.0 g/mol. The molecule has 0 aliphatic rings. The van der Waals surface area contributed by atoms with E-state index in [4.69, 9.17) is 5.26 Å². The SMILES string of the molecule is COC=NC#N. The summed E-state index contributed by atoms with van der Waals surface area (Å²) in [6.07, 6.45) is 2.58. The summed E-state index contributed by atoms with van der Waals surface area (Å²) < 4.78 is 4.27. The third kappa shape index (κ3) is 2.96. The van der Waals surface area contributed by atoms with Gasteiger partial charge in [0, 0.05) is 0 Å². The summed E-state index contributed by atoms with van der Waals surface area (Å²) in [5, 5.41) is 7.67. The third-order valence-electron chi connectivity index (χ3n) is 0.216. The molecule has 0 heterocycles. The van der Waals surface area contributed by atoms with Gasteiger partial charge in [-0.15, -0.1) is 4.99 Å². The quantitative estimate of drug-likeness (QED) is 0.258. The molecule has 32 valence electrons. The largest absolute Gasteiger partial charge is 0.486 e. The van der Waals surface area contributed by atoms with Crippen molar-refractivity contribution in [2.45, 2.75) is 0 Å². The van der Waals surface area contributed by atoms with Gasteiger partial charge < -0.3 is 4.74 Å². The number of nitrogens with zero attached hydrogens (tertiary/aromatic N) is 2. The standard InChI is InChI=1S/C3H4N2O/c1-6-3-5-2-4/h3H,1H3. The van der Waals surface area contributed by atoms with Crippen LogP contribution in [0.4, 0.5) is 0 Å². The average molecular weight is 84.1 g/mol. The maximum absolute atomic E-state index is 7.67. The minimum atomic E-state index is 1.07. The van der Waals surface area contributed by atoms with Crippen LogP contribution in [-0.4, -0.2) is 13.5 Å². The predicted octanol–water partition coefficient (Wildman–Crippen LogP) is 0.142. The van der Waals surface area contributed by atoms with E-state index in [0.29, 0.717) is 0 Å². The molecule has 0 saturated carbocycles. The topological polar surface area (TPSA) is 45.4 Å². The van der Waals surface area contributed by atoms with Crippen LogP contribution in [0.25, 0.3) is 0 Å². The molecule has 0 bridgehead atoms. The van der Waals surface area contributed by atoms with E-state index in [1.807, 2.05) is 0 Å². The summed E-state index contributed by atoms with van der Waals surface area (Å²) in [5.74, 6) is 0. The molecular formula is C3H4N2O. The van der Waals surface area contributed by atoms with Crippen LogP contribution in [0.15, 0.2) is 4.99 Å². The van der Waals surface area contributed by atoms with E-state index in [2.05, 4.69) is 9.73 Å². The van der Waals surface area contributed by atoms with Gasteiger partial charge in [-0.1, -0.05) is 0 Å². The molecule has 0 rings (SSSR count). The van der Waals surface area contributed by atoms with Crippen LogP contribution in [0.2, 0.25) is 0 Å². The second-order valence-corrected chi connectivity index (χ2v) is 0.570. The molecule has 0 aromatic heterocycles. The lowest BCUT2D eigenvalue weighted by Gasteiger charge is -1.74. The van der Waals surface area contributed by atoms with Gasteiger partial charge in [0.2, 0.25) is 6.19 Å². The first kappa shape index (κ1) is 4.96. The molecule has 0 spiro atoms. The lowest BCUT2D eigenvalue weighted by atomic mass is 11.3. The Kier molecular flexibility index (Phi) is 3.27. The third-order valence-corrected chi connectivity index (χ3v) is 0.216. The fourth-order valence-corrected chi connectivity index (χ4v) is 0.0763. The van der Waals surface area contributed by atoms with Crippen molar-refractivity contribution in [1.82, 2.24) is 0 Å². The predicted molar refractivity (Wildman–Crippen MR) is 21.1 cm³/mol. The number of nitriles is 1. The van der Waals surface area contributed by atoms with Crippen molar-refractivity contribution in [3.8, 4) is 6.19 Å². The van der Waals surface area contributed by atoms with Crippen molar-refractivity contribution < 1.29 is 4.74 Å². The van der Waals surface area contributed by atoms with Gasteiger partial charge in [0.1, 0.15) is 0 Å². The van der Waals surface area contributed by atoms with Gasteiger partial charge in [-0.2, -0.15) is 5.26 Å². The molecule has 0 aromatic carbocycles. The van der Waals surface area contributed by atoms with E-state index in [1.54, 1.807) is 0 Å². The van der Waals surface area contributed by atoms with Gasteiger partial charge in [-0.05, 0) is 0 Å². The van der Waals surface area contributed by atoms with Crippen molar-refractivity contribution >= 4 is 6.40 Å². The summed E-state index contributed by atoms with van der Waals surface area (Å²) in [4.78, 5) is 3.05. The van der Waals surface area contributed by atoms with E-state index in [-0.39, 0.29) is 0 Å². The molecule has 0 fully saturated rings. The summed E-state index contributed by atoms with van der Waals surface area (Å²) >= 11 is 0. The minimum Gasteiger partial charge on any atom is -0.486 e. The molecule has 3 nitrogen and oxygen atoms in total. The van der Waals surface area contributed by atoms with Crippen LogP contribution >= 0.6 is 0 Å². The molecule has 0 amide bonds. The molecule has 0 aliphatic heterocycles. The van der Waals surface area contributed by atoms with E-state index < -0.39 is 0 Å². The lowest BCUT2D eigenvalue weighted by molar-refractivity contribution is 0.423.